The molecule has 0 N–H and O–H groups in total. The third-order valence-electron chi connectivity index (χ3n) is 4.50. The van der Waals surface area contributed by atoms with E-state index in [1.807, 2.05) is 30.3 Å². The van der Waals surface area contributed by atoms with E-state index in [0.717, 1.165) is 24.2 Å². The van der Waals surface area contributed by atoms with E-state index in [2.05, 4.69) is 4.98 Å². The summed E-state index contributed by atoms with van der Waals surface area (Å²) in [6.07, 6.45) is 4.39. The second-order valence-electron chi connectivity index (χ2n) is 6.63. The van der Waals surface area contributed by atoms with Crippen LogP contribution in [0.5, 0.6) is 11.5 Å². The van der Waals surface area contributed by atoms with Gasteiger partial charge in [-0.1, -0.05) is 12.1 Å². The van der Waals surface area contributed by atoms with Gasteiger partial charge < -0.3 is 23.8 Å². The minimum Gasteiger partial charge on any atom is -0.493 e. The van der Waals surface area contributed by atoms with Gasteiger partial charge in [0.15, 0.2) is 11.5 Å². The van der Waals surface area contributed by atoms with E-state index >= 15 is 0 Å². The number of rotatable bonds is 9. The highest BCUT2D eigenvalue weighted by Gasteiger charge is 2.20. The smallest absolute Gasteiger partial charge is 0.249 e. The molecule has 1 saturated heterocycles. The minimum atomic E-state index is -0.0891. The molecule has 0 bridgehead atoms. The fourth-order valence-corrected chi connectivity index (χ4v) is 3.07. The number of nitrogens with zero attached hydrogens (tertiary/aromatic N) is 2. The number of amides is 1. The number of pyridine rings is 1. The molecule has 2 heterocycles. The predicted octanol–water partition coefficient (Wildman–Crippen LogP) is 2.43. The molecule has 3 rings (SSSR count). The largest absolute Gasteiger partial charge is 0.493 e. The Labute approximate surface area is 165 Å². The monoisotopic (exact) mass is 386 g/mol. The molecule has 1 fully saturated rings. The van der Waals surface area contributed by atoms with Crippen molar-refractivity contribution in [2.45, 2.75) is 25.6 Å². The molecule has 28 heavy (non-hydrogen) atoms. The molecule has 1 unspecified atom stereocenters. The standard InChI is InChI=1S/C21H26N2O5/c1-25-15-21(24)23(13-17-4-3-8-22-11-17)12-16-5-6-19(20(10-16)26-2)28-18-7-9-27-14-18/h3-6,8,10-11,18H,7,9,12-15H2,1-2H3. The van der Waals surface area contributed by atoms with Gasteiger partial charge in [0.25, 0.3) is 0 Å². The number of benzene rings is 1. The van der Waals surface area contributed by atoms with E-state index in [4.69, 9.17) is 18.9 Å². The first kappa shape index (κ1) is 20.1. The Morgan fingerprint density at radius 2 is 2.07 bits per heavy atom. The van der Waals surface area contributed by atoms with Crippen molar-refractivity contribution in [3.8, 4) is 11.5 Å². The number of carbonyl (C=O) groups is 1. The number of hydrogen-bond acceptors (Lipinski definition) is 6. The maximum atomic E-state index is 12.5. The maximum Gasteiger partial charge on any atom is 0.249 e. The third-order valence-corrected chi connectivity index (χ3v) is 4.50. The van der Waals surface area contributed by atoms with E-state index in [1.165, 1.54) is 7.11 Å². The van der Waals surface area contributed by atoms with Crippen LogP contribution < -0.4 is 9.47 Å². The van der Waals surface area contributed by atoms with Crippen LogP contribution in [-0.4, -0.2) is 55.9 Å². The van der Waals surface area contributed by atoms with Crippen LogP contribution >= 0.6 is 0 Å². The SMILES string of the molecule is COCC(=O)N(Cc1cccnc1)Cc1ccc(OC2CCOC2)c(OC)c1. The molecular weight excluding hydrogens is 360 g/mol. The van der Waals surface area contributed by atoms with Crippen molar-refractivity contribution in [1.82, 2.24) is 9.88 Å². The van der Waals surface area contributed by atoms with E-state index in [9.17, 15) is 4.79 Å². The van der Waals surface area contributed by atoms with Crippen LogP contribution in [0.2, 0.25) is 0 Å². The molecule has 7 nitrogen and oxygen atoms in total. The van der Waals surface area contributed by atoms with Crippen LogP contribution in [0.4, 0.5) is 0 Å². The molecule has 0 saturated carbocycles. The van der Waals surface area contributed by atoms with Gasteiger partial charge in [0, 0.05) is 39.0 Å². The quantitative estimate of drug-likeness (QED) is 0.659. The van der Waals surface area contributed by atoms with Crippen LogP contribution in [0, 0.1) is 0 Å². The molecule has 1 aromatic heterocycles. The number of carbonyl (C=O) groups excluding carboxylic acids is 1. The fourth-order valence-electron chi connectivity index (χ4n) is 3.07. The summed E-state index contributed by atoms with van der Waals surface area (Å²) < 4.78 is 21.9. The molecular formula is C21H26N2O5. The molecule has 0 spiro atoms. The second-order valence-corrected chi connectivity index (χ2v) is 6.63. The number of aromatic nitrogens is 1. The topological polar surface area (TPSA) is 70.1 Å². The normalized spacial score (nSPS) is 16.0. The van der Waals surface area contributed by atoms with Gasteiger partial charge in [0.05, 0.1) is 20.3 Å². The summed E-state index contributed by atoms with van der Waals surface area (Å²) in [5.41, 5.74) is 1.90. The van der Waals surface area contributed by atoms with Crippen LogP contribution in [0.25, 0.3) is 0 Å². The lowest BCUT2D eigenvalue weighted by Crippen LogP contribution is -2.33. The Hall–Kier alpha value is -2.64. The fraction of sp³-hybridized carbons (Fsp3) is 0.429. The summed E-state index contributed by atoms with van der Waals surface area (Å²) in [5, 5.41) is 0. The Bertz CT molecular complexity index is 763. The van der Waals surface area contributed by atoms with Gasteiger partial charge in [-0.3, -0.25) is 9.78 Å². The van der Waals surface area contributed by atoms with E-state index in [-0.39, 0.29) is 18.6 Å². The summed E-state index contributed by atoms with van der Waals surface area (Å²) in [5.74, 6) is 1.24. The van der Waals surface area contributed by atoms with Crippen LogP contribution in [0.3, 0.4) is 0 Å². The highest BCUT2D eigenvalue weighted by atomic mass is 16.6. The van der Waals surface area contributed by atoms with Gasteiger partial charge in [0.2, 0.25) is 5.91 Å². The Balaban J connectivity index is 1.74. The number of hydrogen-bond donors (Lipinski definition) is 0. The molecule has 150 valence electrons. The highest BCUT2D eigenvalue weighted by Crippen LogP contribution is 2.30. The molecule has 1 aliphatic rings. The van der Waals surface area contributed by atoms with Crippen molar-refractivity contribution in [3.63, 3.8) is 0 Å². The zero-order chi connectivity index (χ0) is 19.8. The molecule has 0 aliphatic carbocycles. The molecule has 1 aliphatic heterocycles. The molecule has 2 aromatic rings. The van der Waals surface area contributed by atoms with Crippen molar-refractivity contribution in [2.24, 2.45) is 0 Å². The van der Waals surface area contributed by atoms with Crippen LogP contribution in [-0.2, 0) is 27.4 Å². The first-order chi connectivity index (χ1) is 13.7. The van der Waals surface area contributed by atoms with E-state index in [0.29, 0.717) is 31.2 Å². The Morgan fingerprint density at radius 3 is 2.75 bits per heavy atom. The van der Waals surface area contributed by atoms with Gasteiger partial charge in [-0.2, -0.15) is 0 Å². The minimum absolute atomic E-state index is 0.0280. The molecule has 7 heteroatoms. The first-order valence-electron chi connectivity index (χ1n) is 9.26. The maximum absolute atomic E-state index is 12.5. The van der Waals surface area contributed by atoms with E-state index in [1.54, 1.807) is 24.4 Å². The highest BCUT2D eigenvalue weighted by molar-refractivity contribution is 5.77. The molecule has 1 atom stereocenters. The van der Waals surface area contributed by atoms with Crippen molar-refractivity contribution in [1.29, 1.82) is 0 Å². The lowest BCUT2D eigenvalue weighted by atomic mass is 10.1. The summed E-state index contributed by atoms with van der Waals surface area (Å²) in [6.45, 7) is 2.22. The zero-order valence-corrected chi connectivity index (χ0v) is 16.3. The summed E-state index contributed by atoms with van der Waals surface area (Å²) in [6, 6.07) is 9.54. The second kappa shape index (κ2) is 10.1. The van der Waals surface area contributed by atoms with Gasteiger partial charge in [-0.25, -0.2) is 0 Å². The molecule has 1 aromatic carbocycles. The van der Waals surface area contributed by atoms with Crippen LogP contribution in [0.1, 0.15) is 17.5 Å². The molecule has 1 amide bonds. The third kappa shape index (κ3) is 5.43. The zero-order valence-electron chi connectivity index (χ0n) is 16.3. The lowest BCUT2D eigenvalue weighted by Gasteiger charge is -2.23. The summed E-state index contributed by atoms with van der Waals surface area (Å²) >= 11 is 0. The first-order valence-corrected chi connectivity index (χ1v) is 9.26. The Morgan fingerprint density at radius 1 is 1.21 bits per heavy atom. The number of methoxy groups -OCH3 is 2. The van der Waals surface area contributed by atoms with Gasteiger partial charge in [0.1, 0.15) is 12.7 Å². The number of ether oxygens (including phenoxy) is 4. The van der Waals surface area contributed by atoms with Crippen LogP contribution in [0.15, 0.2) is 42.7 Å². The van der Waals surface area contributed by atoms with Gasteiger partial charge in [-0.05, 0) is 29.3 Å². The van der Waals surface area contributed by atoms with E-state index < -0.39 is 0 Å². The van der Waals surface area contributed by atoms with Crippen molar-refractivity contribution < 1.29 is 23.7 Å². The van der Waals surface area contributed by atoms with Gasteiger partial charge in [-0.15, -0.1) is 0 Å². The summed E-state index contributed by atoms with van der Waals surface area (Å²) in [7, 11) is 3.13. The average molecular weight is 386 g/mol. The Kier molecular flexibility index (Phi) is 7.22. The lowest BCUT2D eigenvalue weighted by molar-refractivity contribution is -0.136. The molecule has 0 radical (unpaired) electrons. The van der Waals surface area contributed by atoms with Gasteiger partial charge >= 0.3 is 0 Å². The average Bonchev–Trinajstić information content (AvgIpc) is 3.22. The van der Waals surface area contributed by atoms with Crippen molar-refractivity contribution in [3.05, 3.63) is 53.9 Å². The van der Waals surface area contributed by atoms with Crippen molar-refractivity contribution >= 4 is 5.91 Å². The summed E-state index contributed by atoms with van der Waals surface area (Å²) in [4.78, 5) is 18.4. The predicted molar refractivity (Wildman–Crippen MR) is 103 cm³/mol. The van der Waals surface area contributed by atoms with Crippen molar-refractivity contribution in [2.75, 3.05) is 34.0 Å².